The average molecular weight is 465 g/mol. The van der Waals surface area contributed by atoms with Crippen LogP contribution >= 0.6 is 0 Å². The number of hydrogen-bond donors (Lipinski definition) is 1. The van der Waals surface area contributed by atoms with Crippen molar-refractivity contribution in [3.8, 4) is 0 Å². The number of hydrogen-bond acceptors (Lipinski definition) is 2. The number of carbonyl (C=O) groups excluding carboxylic acids is 1. The summed E-state index contributed by atoms with van der Waals surface area (Å²) in [4.78, 5) is 11.5. The molecule has 0 saturated carbocycles. The summed E-state index contributed by atoms with van der Waals surface area (Å²) in [6, 6.07) is 0. The molecule has 0 unspecified atom stereocenters. The first kappa shape index (κ1) is 32.4. The Bertz CT molecular complexity index is 440. The Kier molecular flexibility index (Phi) is 25.5. The molecule has 0 aromatic carbocycles. The van der Waals surface area contributed by atoms with Gasteiger partial charge in [-0.1, -0.05) is 128 Å². The highest BCUT2D eigenvalue weighted by Crippen LogP contribution is 2.16. The molecule has 0 aliphatic heterocycles. The summed E-state index contributed by atoms with van der Waals surface area (Å²) in [6.07, 6.45) is 31.7. The Hall–Kier alpha value is -0.630. The molecule has 0 saturated heterocycles. The van der Waals surface area contributed by atoms with E-state index >= 15 is 0 Å². The molecule has 2 nitrogen and oxygen atoms in total. The predicted octanol–water partition coefficient (Wildman–Crippen LogP) is 10.3. The van der Waals surface area contributed by atoms with Crippen LogP contribution in [0.1, 0.15) is 175 Å². The van der Waals surface area contributed by atoms with Crippen molar-refractivity contribution in [1.29, 1.82) is 0 Å². The minimum atomic E-state index is -0.271. The molecule has 2 heteroatoms. The second-order valence-electron chi connectivity index (χ2n) is 10.5. The highest BCUT2D eigenvalue weighted by atomic mass is 16.3. The molecule has 1 N–H and O–H groups in total. The van der Waals surface area contributed by atoms with Crippen molar-refractivity contribution in [1.82, 2.24) is 0 Å². The molecule has 0 amide bonds. The van der Waals surface area contributed by atoms with Crippen LogP contribution in [0.25, 0.3) is 0 Å². The molecule has 0 heterocycles. The zero-order valence-electron chi connectivity index (χ0n) is 23.0. The van der Waals surface area contributed by atoms with Crippen molar-refractivity contribution in [2.45, 2.75) is 181 Å². The van der Waals surface area contributed by atoms with Crippen LogP contribution in [0.3, 0.4) is 0 Å². The van der Waals surface area contributed by atoms with E-state index in [0.29, 0.717) is 25.0 Å². The molecule has 1 atom stereocenters. The molecule has 0 rings (SSSR count). The molecule has 33 heavy (non-hydrogen) atoms. The monoisotopic (exact) mass is 464 g/mol. The first-order chi connectivity index (χ1) is 16.1. The van der Waals surface area contributed by atoms with Gasteiger partial charge in [-0.2, -0.15) is 0 Å². The van der Waals surface area contributed by atoms with Gasteiger partial charge in [0.2, 0.25) is 0 Å². The maximum atomic E-state index is 11.5. The number of Topliss-reactive ketones (excluding diaryl/α,β-unsaturated/α-hetero) is 1. The molecule has 0 aromatic rings. The number of ketones is 1. The normalized spacial score (nSPS) is 12.9. The van der Waals surface area contributed by atoms with Gasteiger partial charge in [0.15, 0.2) is 0 Å². The van der Waals surface area contributed by atoms with Gasteiger partial charge in [-0.3, -0.25) is 4.79 Å². The molecule has 0 aromatic heterocycles. The quantitative estimate of drug-likeness (QED) is 0.102. The minimum absolute atomic E-state index is 0.271. The van der Waals surface area contributed by atoms with Gasteiger partial charge in [-0.05, 0) is 45.4 Å². The lowest BCUT2D eigenvalue weighted by Crippen LogP contribution is -2.09. The van der Waals surface area contributed by atoms with E-state index in [2.05, 4.69) is 19.9 Å². The third-order valence-electron chi connectivity index (χ3n) is 6.93. The summed E-state index contributed by atoms with van der Waals surface area (Å²) in [5, 5.41) is 9.98. The van der Waals surface area contributed by atoms with Gasteiger partial charge in [0, 0.05) is 12.8 Å². The van der Waals surface area contributed by atoms with Crippen molar-refractivity contribution in [2.24, 2.45) is 0 Å². The lowest BCUT2D eigenvalue weighted by Gasteiger charge is -2.09. The van der Waals surface area contributed by atoms with E-state index in [1.54, 1.807) is 5.57 Å². The number of unbranched alkanes of at least 4 members (excludes halogenated alkanes) is 16. The van der Waals surface area contributed by atoms with Gasteiger partial charge in [0.25, 0.3) is 0 Å². The van der Waals surface area contributed by atoms with Crippen molar-refractivity contribution in [2.75, 3.05) is 0 Å². The third-order valence-corrected chi connectivity index (χ3v) is 6.93. The lowest BCUT2D eigenvalue weighted by atomic mass is 10.0. The summed E-state index contributed by atoms with van der Waals surface area (Å²) in [5.74, 6) is 0.309. The van der Waals surface area contributed by atoms with Gasteiger partial charge in [-0.25, -0.2) is 0 Å². The summed E-state index contributed by atoms with van der Waals surface area (Å²) in [6.45, 7) is 6.59. The Balaban J connectivity index is 3.20. The number of allylic oxidation sites excluding steroid dienone is 2. The number of carbonyl (C=O) groups is 1. The Morgan fingerprint density at radius 3 is 1.52 bits per heavy atom. The summed E-state index contributed by atoms with van der Waals surface area (Å²) in [5.41, 5.74) is 1.60. The van der Waals surface area contributed by atoms with Crippen molar-refractivity contribution in [3.05, 3.63) is 11.6 Å². The maximum Gasteiger partial charge on any atom is 0.132 e. The van der Waals surface area contributed by atoms with Gasteiger partial charge in [0.1, 0.15) is 5.78 Å². The molecule has 0 aliphatic rings. The van der Waals surface area contributed by atoms with E-state index < -0.39 is 0 Å². The highest BCUT2D eigenvalue weighted by Gasteiger charge is 2.07. The Labute approximate surface area is 208 Å². The van der Waals surface area contributed by atoms with Crippen LogP contribution in [0.2, 0.25) is 0 Å². The highest BCUT2D eigenvalue weighted by molar-refractivity contribution is 5.78. The zero-order chi connectivity index (χ0) is 24.4. The van der Waals surface area contributed by atoms with Crippen LogP contribution in [-0.2, 0) is 4.79 Å². The maximum absolute atomic E-state index is 11.5. The van der Waals surface area contributed by atoms with Crippen LogP contribution in [0.5, 0.6) is 0 Å². The average Bonchev–Trinajstić information content (AvgIpc) is 2.80. The van der Waals surface area contributed by atoms with Crippen molar-refractivity contribution < 1.29 is 9.90 Å². The second kappa shape index (κ2) is 26.0. The smallest absolute Gasteiger partial charge is 0.132 e. The van der Waals surface area contributed by atoms with E-state index in [0.717, 1.165) is 19.3 Å². The second-order valence-corrected chi connectivity index (χ2v) is 10.5. The molecule has 0 bridgehead atoms. The zero-order valence-corrected chi connectivity index (χ0v) is 23.0. The first-order valence-electron chi connectivity index (χ1n) is 15.0. The number of aliphatic hydroxyl groups is 1. The van der Waals surface area contributed by atoms with Crippen LogP contribution < -0.4 is 0 Å². The molecule has 0 fully saturated rings. The van der Waals surface area contributed by atoms with Crippen LogP contribution in [0, 0.1) is 0 Å². The number of aliphatic hydroxyl groups excluding tert-OH is 1. The molecule has 0 radical (unpaired) electrons. The van der Waals surface area contributed by atoms with Crippen LogP contribution in [0.4, 0.5) is 0 Å². The molecule has 196 valence electrons. The largest absolute Gasteiger partial charge is 0.393 e. The summed E-state index contributed by atoms with van der Waals surface area (Å²) < 4.78 is 0. The fourth-order valence-corrected chi connectivity index (χ4v) is 4.63. The van der Waals surface area contributed by atoms with Crippen molar-refractivity contribution in [3.63, 3.8) is 0 Å². The van der Waals surface area contributed by atoms with E-state index in [4.69, 9.17) is 0 Å². The van der Waals surface area contributed by atoms with Crippen LogP contribution in [0.15, 0.2) is 11.6 Å². The Morgan fingerprint density at radius 2 is 1.06 bits per heavy atom. The van der Waals surface area contributed by atoms with Gasteiger partial charge in [0.05, 0.1) is 6.10 Å². The van der Waals surface area contributed by atoms with E-state index in [-0.39, 0.29) is 6.10 Å². The topological polar surface area (TPSA) is 37.3 Å². The fraction of sp³-hybridized carbons (Fsp3) is 0.903. The van der Waals surface area contributed by atoms with E-state index in [1.165, 1.54) is 116 Å². The molecule has 0 spiro atoms. The minimum Gasteiger partial charge on any atom is -0.393 e. The summed E-state index contributed by atoms with van der Waals surface area (Å²) in [7, 11) is 0. The SMILES string of the molecule is CCCC=C(C)CCCCCCCCCCCCCCCCCC[C@H](O)CCC(=O)CCC. The van der Waals surface area contributed by atoms with E-state index in [9.17, 15) is 9.90 Å². The molecule has 0 aliphatic carbocycles. The van der Waals surface area contributed by atoms with Gasteiger partial charge < -0.3 is 5.11 Å². The summed E-state index contributed by atoms with van der Waals surface area (Å²) >= 11 is 0. The lowest BCUT2D eigenvalue weighted by molar-refractivity contribution is -0.119. The standard InChI is InChI=1S/C31H60O2/c1-4-6-24-29(3)25-21-19-17-15-13-11-9-7-8-10-12-14-16-18-20-22-26-31(33)28-27-30(32)23-5-2/h24,31,33H,4-23,25-28H2,1-3H3/t31-/m0/s1. The van der Waals surface area contributed by atoms with Gasteiger partial charge in [-0.15, -0.1) is 0 Å². The first-order valence-corrected chi connectivity index (χ1v) is 15.0. The molecular weight excluding hydrogens is 404 g/mol. The number of rotatable bonds is 26. The van der Waals surface area contributed by atoms with Crippen molar-refractivity contribution >= 4 is 5.78 Å². The van der Waals surface area contributed by atoms with E-state index in [1.807, 2.05) is 6.92 Å². The van der Waals surface area contributed by atoms with Gasteiger partial charge >= 0.3 is 0 Å². The third kappa shape index (κ3) is 25.8. The predicted molar refractivity (Wildman–Crippen MR) is 147 cm³/mol. The fourth-order valence-electron chi connectivity index (χ4n) is 4.63. The van der Waals surface area contributed by atoms with Crippen LogP contribution in [-0.4, -0.2) is 17.0 Å². The molecular formula is C31H60O2. The Morgan fingerprint density at radius 1 is 0.606 bits per heavy atom.